The maximum Gasteiger partial charge on any atom is 0.237 e. The molecule has 104 valence electrons. The fraction of sp³-hybridized carbons (Fsp3) is 0.833. The highest BCUT2D eigenvalue weighted by atomic mass is 32.2. The van der Waals surface area contributed by atoms with Gasteiger partial charge in [-0.15, -0.1) is 0 Å². The topological polar surface area (TPSA) is 71.5 Å². The van der Waals surface area contributed by atoms with Crippen molar-refractivity contribution in [1.82, 2.24) is 4.90 Å². The number of hydrogen-bond acceptors (Lipinski definition) is 4. The Kier molecular flexibility index (Phi) is 5.31. The molecule has 0 aromatic carbocycles. The zero-order valence-corrected chi connectivity index (χ0v) is 11.8. The third-order valence-corrected chi connectivity index (χ3v) is 5.26. The van der Waals surface area contributed by atoms with Crippen molar-refractivity contribution in [2.24, 2.45) is 0 Å². The van der Waals surface area contributed by atoms with Crippen molar-refractivity contribution < 1.29 is 18.0 Å². The Morgan fingerprint density at radius 1 is 1.17 bits per heavy atom. The van der Waals surface area contributed by atoms with Gasteiger partial charge in [0.15, 0.2) is 9.84 Å². The first-order valence-corrected chi connectivity index (χ1v) is 8.03. The lowest BCUT2D eigenvalue weighted by Crippen LogP contribution is -2.41. The number of carbonyl (C=O) groups is 2. The van der Waals surface area contributed by atoms with Crippen molar-refractivity contribution in [1.29, 1.82) is 0 Å². The van der Waals surface area contributed by atoms with Crippen LogP contribution in [-0.4, -0.2) is 49.1 Å². The summed E-state index contributed by atoms with van der Waals surface area (Å²) in [5.41, 5.74) is 0. The first kappa shape index (κ1) is 15.1. The van der Waals surface area contributed by atoms with E-state index in [1.54, 1.807) is 4.90 Å². The summed E-state index contributed by atoms with van der Waals surface area (Å²) < 4.78 is 23.8. The summed E-state index contributed by atoms with van der Waals surface area (Å²) in [5, 5.41) is -0.774. The van der Waals surface area contributed by atoms with E-state index >= 15 is 0 Å². The SMILES string of the molecule is CC(=O)CC(C)S(=O)(=O)CC(=O)N1CCCCC1. The molecule has 0 aromatic heterocycles. The molecule has 1 heterocycles. The smallest absolute Gasteiger partial charge is 0.237 e. The zero-order valence-electron chi connectivity index (χ0n) is 11.0. The maximum absolute atomic E-state index is 11.9. The van der Waals surface area contributed by atoms with E-state index in [0.29, 0.717) is 13.1 Å². The number of Topliss-reactive ketones (excluding diaryl/α,β-unsaturated/α-hetero) is 1. The van der Waals surface area contributed by atoms with E-state index < -0.39 is 20.8 Å². The van der Waals surface area contributed by atoms with Gasteiger partial charge >= 0.3 is 0 Å². The molecule has 0 aromatic rings. The largest absolute Gasteiger partial charge is 0.342 e. The molecule has 1 aliphatic rings. The number of nitrogens with zero attached hydrogens (tertiary/aromatic N) is 1. The van der Waals surface area contributed by atoms with Gasteiger partial charge in [0.25, 0.3) is 0 Å². The van der Waals surface area contributed by atoms with Gasteiger partial charge in [0, 0.05) is 19.5 Å². The Morgan fingerprint density at radius 3 is 2.22 bits per heavy atom. The first-order valence-electron chi connectivity index (χ1n) is 6.31. The standard InChI is InChI=1S/C12H21NO4S/c1-10(14)8-11(2)18(16,17)9-12(15)13-6-4-3-5-7-13/h11H,3-9H2,1-2H3. The van der Waals surface area contributed by atoms with E-state index in [4.69, 9.17) is 0 Å². The van der Waals surface area contributed by atoms with Gasteiger partial charge in [-0.3, -0.25) is 9.59 Å². The molecule has 0 radical (unpaired) electrons. The summed E-state index contributed by atoms with van der Waals surface area (Å²) in [6, 6.07) is 0. The van der Waals surface area contributed by atoms with Gasteiger partial charge in [0.1, 0.15) is 11.5 Å². The molecule has 1 unspecified atom stereocenters. The van der Waals surface area contributed by atoms with Gasteiger partial charge in [0.05, 0.1) is 5.25 Å². The second-order valence-corrected chi connectivity index (χ2v) is 7.38. The molecule has 18 heavy (non-hydrogen) atoms. The lowest BCUT2D eigenvalue weighted by atomic mass is 10.1. The fourth-order valence-electron chi connectivity index (χ4n) is 2.08. The highest BCUT2D eigenvalue weighted by Crippen LogP contribution is 2.12. The van der Waals surface area contributed by atoms with Crippen molar-refractivity contribution in [3.05, 3.63) is 0 Å². The predicted molar refractivity (Wildman–Crippen MR) is 69.0 cm³/mol. The second kappa shape index (κ2) is 6.31. The van der Waals surface area contributed by atoms with Crippen molar-refractivity contribution in [3.8, 4) is 0 Å². The Bertz CT molecular complexity index is 410. The molecule has 0 aliphatic carbocycles. The van der Waals surface area contributed by atoms with E-state index in [0.717, 1.165) is 19.3 Å². The van der Waals surface area contributed by atoms with E-state index in [1.165, 1.54) is 13.8 Å². The third-order valence-electron chi connectivity index (χ3n) is 3.22. The molecule has 6 heteroatoms. The Hall–Kier alpha value is -0.910. The number of amides is 1. The molecule has 0 spiro atoms. The summed E-state index contributed by atoms with van der Waals surface area (Å²) in [7, 11) is -3.52. The normalized spacial score (nSPS) is 18.4. The van der Waals surface area contributed by atoms with E-state index in [-0.39, 0.29) is 18.1 Å². The van der Waals surface area contributed by atoms with Gasteiger partial charge in [-0.25, -0.2) is 8.42 Å². The van der Waals surface area contributed by atoms with Crippen molar-refractivity contribution in [2.75, 3.05) is 18.8 Å². The van der Waals surface area contributed by atoms with Crippen LogP contribution in [0.25, 0.3) is 0 Å². The maximum atomic E-state index is 11.9. The van der Waals surface area contributed by atoms with Crippen LogP contribution in [0.2, 0.25) is 0 Å². The zero-order chi connectivity index (χ0) is 13.8. The van der Waals surface area contributed by atoms with Crippen molar-refractivity contribution >= 4 is 21.5 Å². The van der Waals surface area contributed by atoms with Crippen LogP contribution in [-0.2, 0) is 19.4 Å². The van der Waals surface area contributed by atoms with Crippen molar-refractivity contribution in [2.45, 2.75) is 44.8 Å². The van der Waals surface area contributed by atoms with Crippen LogP contribution >= 0.6 is 0 Å². The first-order chi connectivity index (χ1) is 8.33. The monoisotopic (exact) mass is 275 g/mol. The van der Waals surface area contributed by atoms with Gasteiger partial charge in [-0.1, -0.05) is 0 Å². The average Bonchev–Trinajstić information content (AvgIpc) is 2.28. The van der Waals surface area contributed by atoms with Crippen LogP contribution in [0.15, 0.2) is 0 Å². The minimum Gasteiger partial charge on any atom is -0.342 e. The van der Waals surface area contributed by atoms with Crippen LogP contribution in [0.4, 0.5) is 0 Å². The quantitative estimate of drug-likeness (QED) is 0.743. The second-order valence-electron chi connectivity index (χ2n) is 4.97. The van der Waals surface area contributed by atoms with Gasteiger partial charge in [-0.2, -0.15) is 0 Å². The highest BCUT2D eigenvalue weighted by Gasteiger charge is 2.28. The minimum absolute atomic E-state index is 0.0182. The number of likely N-dealkylation sites (tertiary alicyclic amines) is 1. The van der Waals surface area contributed by atoms with Gasteiger partial charge in [-0.05, 0) is 33.1 Å². The number of ketones is 1. The number of carbonyl (C=O) groups excluding carboxylic acids is 2. The van der Waals surface area contributed by atoms with E-state index in [2.05, 4.69) is 0 Å². The number of rotatable bonds is 5. The van der Waals surface area contributed by atoms with Crippen LogP contribution in [0, 0.1) is 0 Å². The van der Waals surface area contributed by atoms with Gasteiger partial charge < -0.3 is 4.90 Å². The summed E-state index contributed by atoms with van der Waals surface area (Å²) in [6.07, 6.45) is 2.95. The summed E-state index contributed by atoms with van der Waals surface area (Å²) in [6.45, 7) is 4.14. The van der Waals surface area contributed by atoms with Crippen molar-refractivity contribution in [3.63, 3.8) is 0 Å². The lowest BCUT2D eigenvalue weighted by molar-refractivity contribution is -0.129. The Labute approximate surface area is 108 Å². The van der Waals surface area contributed by atoms with Crippen LogP contribution in [0.1, 0.15) is 39.5 Å². The Morgan fingerprint density at radius 2 is 1.72 bits per heavy atom. The molecule has 1 amide bonds. The average molecular weight is 275 g/mol. The van der Waals surface area contributed by atoms with E-state index in [1.807, 2.05) is 0 Å². The Balaban J connectivity index is 2.58. The third kappa shape index (κ3) is 4.40. The summed E-state index contributed by atoms with van der Waals surface area (Å²) >= 11 is 0. The molecule has 1 rings (SSSR count). The lowest BCUT2D eigenvalue weighted by Gasteiger charge is -2.27. The van der Waals surface area contributed by atoms with Crippen LogP contribution in [0.5, 0.6) is 0 Å². The predicted octanol–water partition coefficient (Wildman–Crippen LogP) is 0.781. The molecule has 0 bridgehead atoms. The van der Waals surface area contributed by atoms with E-state index in [9.17, 15) is 18.0 Å². The molecule has 0 saturated carbocycles. The molecule has 1 atom stereocenters. The summed E-state index contributed by atoms with van der Waals surface area (Å²) in [4.78, 5) is 24.4. The summed E-state index contributed by atoms with van der Waals surface area (Å²) in [5.74, 6) is -0.969. The highest BCUT2D eigenvalue weighted by molar-refractivity contribution is 7.92. The molecule has 1 aliphatic heterocycles. The molecular formula is C12H21NO4S. The number of piperidine rings is 1. The molecular weight excluding hydrogens is 254 g/mol. The minimum atomic E-state index is -3.52. The number of sulfone groups is 1. The fourth-order valence-corrected chi connectivity index (χ4v) is 3.38. The molecule has 0 N–H and O–H groups in total. The van der Waals surface area contributed by atoms with Gasteiger partial charge in [0.2, 0.25) is 5.91 Å². The number of hydrogen-bond donors (Lipinski definition) is 0. The van der Waals surface area contributed by atoms with Crippen LogP contribution in [0.3, 0.4) is 0 Å². The molecule has 1 saturated heterocycles. The molecule has 1 fully saturated rings. The molecule has 5 nitrogen and oxygen atoms in total. The van der Waals surface area contributed by atoms with Crippen LogP contribution < -0.4 is 0 Å².